The number of hydrogen-bond donors (Lipinski definition) is 1. The van der Waals surface area contributed by atoms with Gasteiger partial charge in [-0.3, -0.25) is 4.79 Å². The van der Waals surface area contributed by atoms with Crippen LogP contribution in [-0.4, -0.2) is 20.7 Å². The zero-order valence-corrected chi connectivity index (χ0v) is 16.5. The predicted molar refractivity (Wildman–Crippen MR) is 111 cm³/mol. The van der Waals surface area contributed by atoms with E-state index >= 15 is 0 Å². The van der Waals surface area contributed by atoms with Crippen molar-refractivity contribution in [1.29, 1.82) is 0 Å². The molecule has 136 valence electrons. The van der Waals surface area contributed by atoms with Crippen LogP contribution in [0.1, 0.15) is 11.3 Å². The van der Waals surface area contributed by atoms with Gasteiger partial charge in [0, 0.05) is 16.5 Å². The van der Waals surface area contributed by atoms with Gasteiger partial charge in [0.2, 0.25) is 5.91 Å². The van der Waals surface area contributed by atoms with E-state index in [1.807, 2.05) is 47.2 Å². The predicted octanol–water partition coefficient (Wildman–Crippen LogP) is 4.95. The van der Waals surface area contributed by atoms with Gasteiger partial charge in [0.25, 0.3) is 0 Å². The molecule has 0 aliphatic heterocycles. The summed E-state index contributed by atoms with van der Waals surface area (Å²) in [5.74, 6) is 0.541. The third-order valence-corrected chi connectivity index (χ3v) is 6.04. The van der Waals surface area contributed by atoms with Crippen LogP contribution in [0.25, 0.3) is 9.88 Å². The van der Waals surface area contributed by atoms with Gasteiger partial charge in [-0.15, -0.1) is 22.7 Å². The lowest BCUT2D eigenvalue weighted by molar-refractivity contribution is -0.115. The number of benzene rings is 1. The van der Waals surface area contributed by atoms with Crippen molar-refractivity contribution in [3.05, 3.63) is 75.7 Å². The van der Waals surface area contributed by atoms with Crippen LogP contribution in [0, 0.1) is 0 Å². The number of halogens is 1. The van der Waals surface area contributed by atoms with Gasteiger partial charge in [0.15, 0.2) is 0 Å². The summed E-state index contributed by atoms with van der Waals surface area (Å²) in [7, 11) is 0. The summed E-state index contributed by atoms with van der Waals surface area (Å²) in [4.78, 5) is 18.1. The van der Waals surface area contributed by atoms with Gasteiger partial charge in [-0.25, -0.2) is 9.67 Å². The molecule has 0 atom stereocenters. The van der Waals surface area contributed by atoms with Crippen molar-refractivity contribution in [3.8, 4) is 9.88 Å². The summed E-state index contributed by atoms with van der Waals surface area (Å²) in [5, 5.41) is 12.8. The van der Waals surface area contributed by atoms with Crippen LogP contribution in [0.15, 0.2) is 59.4 Å². The topological polar surface area (TPSA) is 59.8 Å². The molecular weight excluding hydrogens is 400 g/mol. The molecule has 8 heteroatoms. The average molecular weight is 415 g/mol. The number of thiophene rings is 1. The maximum Gasteiger partial charge on any atom is 0.231 e. The number of carbonyl (C=O) groups is 1. The number of rotatable bonds is 6. The summed E-state index contributed by atoms with van der Waals surface area (Å²) in [6, 6.07) is 13.4. The van der Waals surface area contributed by atoms with Crippen molar-refractivity contribution in [3.63, 3.8) is 0 Å². The molecule has 0 fully saturated rings. The Morgan fingerprint density at radius 2 is 2.00 bits per heavy atom. The number of anilines is 1. The SMILES string of the molecule is O=C(Cc1csc(-c2cccs2)n1)Nc1ccnn1Cc1ccc(Cl)cc1. The number of carbonyl (C=O) groups excluding carboxylic acids is 1. The molecule has 0 aliphatic rings. The minimum absolute atomic E-state index is 0.115. The minimum atomic E-state index is -0.115. The van der Waals surface area contributed by atoms with Crippen LogP contribution < -0.4 is 5.32 Å². The van der Waals surface area contributed by atoms with Crippen LogP contribution in [0.3, 0.4) is 0 Å². The van der Waals surface area contributed by atoms with E-state index in [0.717, 1.165) is 21.1 Å². The monoisotopic (exact) mass is 414 g/mol. The van der Waals surface area contributed by atoms with Gasteiger partial charge in [0.05, 0.1) is 29.7 Å². The van der Waals surface area contributed by atoms with Crippen LogP contribution in [0.4, 0.5) is 5.82 Å². The normalized spacial score (nSPS) is 10.9. The van der Waals surface area contributed by atoms with Crippen LogP contribution in [0.5, 0.6) is 0 Å². The molecule has 0 unspecified atom stereocenters. The quantitative estimate of drug-likeness (QED) is 0.485. The highest BCUT2D eigenvalue weighted by atomic mass is 35.5. The first kappa shape index (κ1) is 17.9. The lowest BCUT2D eigenvalue weighted by Gasteiger charge is -2.09. The first-order chi connectivity index (χ1) is 13.2. The number of nitrogens with zero attached hydrogens (tertiary/aromatic N) is 3. The maximum absolute atomic E-state index is 12.4. The fourth-order valence-electron chi connectivity index (χ4n) is 2.58. The summed E-state index contributed by atoms with van der Waals surface area (Å²) in [6.07, 6.45) is 1.90. The molecule has 0 aliphatic carbocycles. The van der Waals surface area contributed by atoms with E-state index in [1.54, 1.807) is 39.6 Å². The third kappa shape index (κ3) is 4.44. The van der Waals surface area contributed by atoms with Crippen molar-refractivity contribution in [2.75, 3.05) is 5.32 Å². The molecule has 0 radical (unpaired) electrons. The van der Waals surface area contributed by atoms with Crippen LogP contribution in [0.2, 0.25) is 5.02 Å². The number of amides is 1. The van der Waals surface area contributed by atoms with Gasteiger partial charge in [0.1, 0.15) is 10.8 Å². The second-order valence-electron chi connectivity index (χ2n) is 5.85. The number of thiazole rings is 1. The molecule has 3 aromatic heterocycles. The Hall–Kier alpha value is -2.48. The smallest absolute Gasteiger partial charge is 0.231 e. The maximum atomic E-state index is 12.4. The Bertz CT molecular complexity index is 1040. The van der Waals surface area contributed by atoms with Gasteiger partial charge in [-0.2, -0.15) is 5.10 Å². The highest BCUT2D eigenvalue weighted by molar-refractivity contribution is 7.20. The Kier molecular flexibility index (Phi) is 5.33. The first-order valence-corrected chi connectivity index (χ1v) is 10.4. The van der Waals surface area contributed by atoms with Gasteiger partial charge < -0.3 is 5.32 Å². The molecule has 0 saturated heterocycles. The summed E-state index contributed by atoms with van der Waals surface area (Å²) >= 11 is 9.12. The number of hydrogen-bond acceptors (Lipinski definition) is 5. The zero-order valence-electron chi connectivity index (χ0n) is 14.1. The molecule has 3 heterocycles. The summed E-state index contributed by atoms with van der Waals surface area (Å²) < 4.78 is 1.75. The summed E-state index contributed by atoms with van der Waals surface area (Å²) in [5.41, 5.74) is 1.82. The van der Waals surface area contributed by atoms with Gasteiger partial charge in [-0.05, 0) is 29.1 Å². The molecule has 5 nitrogen and oxygen atoms in total. The molecule has 0 spiro atoms. The second kappa shape index (κ2) is 8.04. The third-order valence-electron chi connectivity index (χ3n) is 3.86. The van der Waals surface area contributed by atoms with E-state index in [9.17, 15) is 4.79 Å². The Balaban J connectivity index is 1.40. The van der Waals surface area contributed by atoms with E-state index in [-0.39, 0.29) is 12.3 Å². The number of nitrogens with one attached hydrogen (secondary N) is 1. The van der Waals surface area contributed by atoms with Crippen molar-refractivity contribution in [2.45, 2.75) is 13.0 Å². The molecule has 4 aromatic rings. The highest BCUT2D eigenvalue weighted by Crippen LogP contribution is 2.28. The number of aromatic nitrogens is 3. The minimum Gasteiger partial charge on any atom is -0.311 e. The van der Waals surface area contributed by atoms with E-state index in [0.29, 0.717) is 17.4 Å². The fraction of sp³-hybridized carbons (Fsp3) is 0.105. The van der Waals surface area contributed by atoms with E-state index < -0.39 is 0 Å². The molecule has 1 aromatic carbocycles. The van der Waals surface area contributed by atoms with Gasteiger partial charge >= 0.3 is 0 Å². The van der Waals surface area contributed by atoms with E-state index in [2.05, 4.69) is 15.4 Å². The first-order valence-electron chi connectivity index (χ1n) is 8.22. The van der Waals surface area contributed by atoms with Gasteiger partial charge in [-0.1, -0.05) is 29.8 Å². The van der Waals surface area contributed by atoms with E-state index in [4.69, 9.17) is 11.6 Å². The molecule has 1 amide bonds. The van der Waals surface area contributed by atoms with Crippen LogP contribution in [-0.2, 0) is 17.8 Å². The summed E-state index contributed by atoms with van der Waals surface area (Å²) in [6.45, 7) is 0.555. The molecule has 4 rings (SSSR count). The van der Waals surface area contributed by atoms with Crippen LogP contribution >= 0.6 is 34.3 Å². The lowest BCUT2D eigenvalue weighted by atomic mass is 10.2. The molecule has 1 N–H and O–H groups in total. The Labute approximate surface area is 169 Å². The molecule has 27 heavy (non-hydrogen) atoms. The largest absolute Gasteiger partial charge is 0.311 e. The Morgan fingerprint density at radius 1 is 1.15 bits per heavy atom. The molecular formula is C19H15ClN4OS2. The fourth-order valence-corrected chi connectivity index (χ4v) is 4.34. The van der Waals surface area contributed by atoms with Crippen molar-refractivity contribution in [1.82, 2.24) is 14.8 Å². The van der Waals surface area contributed by atoms with Crippen molar-refractivity contribution >= 4 is 46.0 Å². The van der Waals surface area contributed by atoms with E-state index in [1.165, 1.54) is 0 Å². The van der Waals surface area contributed by atoms with Crippen molar-refractivity contribution in [2.24, 2.45) is 0 Å². The second-order valence-corrected chi connectivity index (χ2v) is 8.09. The van der Waals surface area contributed by atoms with Crippen molar-refractivity contribution < 1.29 is 4.79 Å². The standard InChI is InChI=1S/C19H15ClN4OS2/c20-14-5-3-13(4-6-14)11-24-17(7-8-21-24)23-18(25)10-15-12-27-19(22-15)16-2-1-9-26-16/h1-9,12H,10-11H2,(H,23,25). The zero-order chi connectivity index (χ0) is 18.6. The Morgan fingerprint density at radius 3 is 2.78 bits per heavy atom. The molecule has 0 bridgehead atoms. The highest BCUT2D eigenvalue weighted by Gasteiger charge is 2.12. The average Bonchev–Trinajstić information content (AvgIpc) is 3.39. The molecule has 0 saturated carbocycles. The lowest BCUT2D eigenvalue weighted by Crippen LogP contribution is -2.18.